The number of carbonyl (C=O) groups is 2. The van der Waals surface area contributed by atoms with E-state index in [2.05, 4.69) is 55.7 Å². The monoisotopic (exact) mass is 769 g/mol. The van der Waals surface area contributed by atoms with Gasteiger partial charge in [0.2, 0.25) is 0 Å². The van der Waals surface area contributed by atoms with Crippen molar-refractivity contribution in [2.24, 2.45) is 5.92 Å². The standard InChI is InChI=1S/C43H77O9P/c1-4-32-40(44)34-29-25-21-17-13-9-7-11-14-18-22-26-30-35-42(45)50-37-41(38-51-53(47,48)49)52-43(46)36-31-27-23-19-15-10-6-5-8-12-16-20-24-28-33-39(2)3/h7,11,13,17-18,22,25,29,39-41,44H,4-6,8-10,12,14-16,19-21,23-24,26-28,30-38H2,1-3H3,(H2,47,48,49)/b11-7-,17-13-,22-18-,29-25-/t40?,41-/m1/s1. The molecule has 0 fully saturated rings. The zero-order chi connectivity index (χ0) is 39.3. The van der Waals surface area contributed by atoms with Crippen LogP contribution in [0.15, 0.2) is 48.6 Å². The minimum absolute atomic E-state index is 0.176. The van der Waals surface area contributed by atoms with Gasteiger partial charge in [-0.25, -0.2) is 4.57 Å². The molecule has 0 rings (SSSR count). The van der Waals surface area contributed by atoms with E-state index in [0.717, 1.165) is 57.3 Å². The lowest BCUT2D eigenvalue weighted by Gasteiger charge is -2.18. The molecule has 0 bridgehead atoms. The maximum atomic E-state index is 12.4. The summed E-state index contributed by atoms with van der Waals surface area (Å²) in [6.07, 6.45) is 40.4. The van der Waals surface area contributed by atoms with E-state index < -0.39 is 32.5 Å². The molecule has 0 aromatic heterocycles. The van der Waals surface area contributed by atoms with E-state index in [4.69, 9.17) is 19.3 Å². The van der Waals surface area contributed by atoms with Crippen molar-refractivity contribution in [2.75, 3.05) is 13.2 Å². The van der Waals surface area contributed by atoms with E-state index in [9.17, 15) is 19.3 Å². The van der Waals surface area contributed by atoms with Crippen LogP contribution in [0.4, 0.5) is 0 Å². The SMILES string of the molecule is CCCC(O)C/C=C\C/C=C\C/C=C\C/C=C\CCCC(=O)OC[C@H](COP(=O)(O)O)OC(=O)CCCCCCCCCCCCCCCCC(C)C. The predicted molar refractivity (Wildman–Crippen MR) is 217 cm³/mol. The van der Waals surface area contributed by atoms with Crippen molar-refractivity contribution >= 4 is 19.8 Å². The first-order valence-corrected chi connectivity index (χ1v) is 22.4. The fourth-order valence-electron chi connectivity index (χ4n) is 5.74. The highest BCUT2D eigenvalue weighted by Crippen LogP contribution is 2.36. The van der Waals surface area contributed by atoms with Gasteiger partial charge in [-0.05, 0) is 57.3 Å². The minimum atomic E-state index is -4.77. The lowest BCUT2D eigenvalue weighted by atomic mass is 10.0. The number of aliphatic hydroxyl groups is 1. The summed E-state index contributed by atoms with van der Waals surface area (Å²) in [6.45, 7) is 5.78. The second kappa shape index (κ2) is 36.9. The quantitative estimate of drug-likeness (QED) is 0.0244. The molecule has 0 saturated carbocycles. The molecular formula is C43H77O9P. The van der Waals surface area contributed by atoms with Gasteiger partial charge in [-0.2, -0.15) is 0 Å². The Hall–Kier alpha value is -2.03. The Balaban J connectivity index is 4.03. The number of hydrogen-bond acceptors (Lipinski definition) is 7. The molecule has 0 aromatic carbocycles. The molecule has 308 valence electrons. The second-order valence-electron chi connectivity index (χ2n) is 14.6. The summed E-state index contributed by atoms with van der Waals surface area (Å²) in [7, 11) is -4.77. The van der Waals surface area contributed by atoms with Crippen molar-refractivity contribution in [3.63, 3.8) is 0 Å². The van der Waals surface area contributed by atoms with Crippen molar-refractivity contribution in [2.45, 2.75) is 193 Å². The van der Waals surface area contributed by atoms with E-state index in [1.165, 1.54) is 70.6 Å². The number of allylic oxidation sites excluding steroid dienone is 7. The summed E-state index contributed by atoms with van der Waals surface area (Å²) in [4.78, 5) is 42.8. The van der Waals surface area contributed by atoms with E-state index in [-0.39, 0.29) is 25.6 Å². The number of hydrogen-bond donors (Lipinski definition) is 3. The third-order valence-corrected chi connectivity index (χ3v) is 9.32. The van der Waals surface area contributed by atoms with Gasteiger partial charge in [-0.15, -0.1) is 0 Å². The van der Waals surface area contributed by atoms with Crippen molar-refractivity contribution in [1.82, 2.24) is 0 Å². The Labute approximate surface area is 323 Å². The molecule has 1 unspecified atom stereocenters. The third-order valence-electron chi connectivity index (χ3n) is 8.83. The Morgan fingerprint density at radius 1 is 0.604 bits per heavy atom. The largest absolute Gasteiger partial charge is 0.469 e. The number of unbranched alkanes of at least 4 members (excludes halogenated alkanes) is 14. The van der Waals surface area contributed by atoms with Gasteiger partial charge >= 0.3 is 19.8 Å². The molecule has 3 N–H and O–H groups in total. The topological polar surface area (TPSA) is 140 Å². The average molecular weight is 769 g/mol. The predicted octanol–water partition coefficient (Wildman–Crippen LogP) is 11.6. The van der Waals surface area contributed by atoms with Crippen LogP contribution in [-0.4, -0.2) is 52.3 Å². The van der Waals surface area contributed by atoms with Crippen LogP contribution in [-0.2, 0) is 28.2 Å². The molecular weight excluding hydrogens is 691 g/mol. The lowest BCUT2D eigenvalue weighted by Crippen LogP contribution is -2.29. The van der Waals surface area contributed by atoms with Crippen LogP contribution >= 0.6 is 7.82 Å². The summed E-state index contributed by atoms with van der Waals surface area (Å²) in [5.74, 6) is -0.145. The van der Waals surface area contributed by atoms with Crippen LogP contribution < -0.4 is 0 Å². The average Bonchev–Trinajstić information content (AvgIpc) is 3.10. The number of carbonyl (C=O) groups excluding carboxylic acids is 2. The summed E-state index contributed by atoms with van der Waals surface area (Å²) in [5, 5.41) is 9.70. The van der Waals surface area contributed by atoms with E-state index in [0.29, 0.717) is 25.7 Å². The van der Waals surface area contributed by atoms with E-state index in [1.807, 2.05) is 18.2 Å². The lowest BCUT2D eigenvalue weighted by molar-refractivity contribution is -0.161. The normalized spacial score (nSPS) is 13.6. The number of ether oxygens (including phenoxy) is 2. The Bertz CT molecular complexity index is 1030. The first-order chi connectivity index (χ1) is 25.5. The number of esters is 2. The molecule has 0 saturated heterocycles. The van der Waals surface area contributed by atoms with Gasteiger partial charge < -0.3 is 24.4 Å². The molecule has 10 heteroatoms. The summed E-state index contributed by atoms with van der Waals surface area (Å²) in [6, 6.07) is 0. The first-order valence-electron chi connectivity index (χ1n) is 20.9. The third kappa shape index (κ3) is 41.0. The van der Waals surface area contributed by atoms with Gasteiger partial charge in [-0.1, -0.05) is 166 Å². The molecule has 2 atom stereocenters. The highest BCUT2D eigenvalue weighted by atomic mass is 31.2. The van der Waals surface area contributed by atoms with Crippen molar-refractivity contribution in [3.8, 4) is 0 Å². The Kier molecular flexibility index (Phi) is 35.5. The van der Waals surface area contributed by atoms with Crippen LogP contribution in [0.5, 0.6) is 0 Å². The van der Waals surface area contributed by atoms with E-state index >= 15 is 0 Å². The van der Waals surface area contributed by atoms with Crippen molar-refractivity contribution < 1.29 is 43.0 Å². The van der Waals surface area contributed by atoms with Crippen LogP contribution in [0.25, 0.3) is 0 Å². The fourth-order valence-corrected chi connectivity index (χ4v) is 6.10. The number of phosphoric ester groups is 1. The molecule has 53 heavy (non-hydrogen) atoms. The molecule has 0 aliphatic carbocycles. The van der Waals surface area contributed by atoms with Crippen molar-refractivity contribution in [1.29, 1.82) is 0 Å². The van der Waals surface area contributed by atoms with E-state index in [1.54, 1.807) is 0 Å². The molecule has 0 heterocycles. The fraction of sp³-hybridized carbons (Fsp3) is 0.767. The van der Waals surface area contributed by atoms with Gasteiger partial charge in [-0.3, -0.25) is 14.1 Å². The summed E-state index contributed by atoms with van der Waals surface area (Å²) in [5.41, 5.74) is 0. The first kappa shape index (κ1) is 51.0. The smallest absolute Gasteiger partial charge is 0.462 e. The van der Waals surface area contributed by atoms with Gasteiger partial charge in [0.1, 0.15) is 6.61 Å². The zero-order valence-corrected chi connectivity index (χ0v) is 34.6. The van der Waals surface area contributed by atoms with Crippen LogP contribution in [0.1, 0.15) is 181 Å². The van der Waals surface area contributed by atoms with Crippen LogP contribution in [0.3, 0.4) is 0 Å². The van der Waals surface area contributed by atoms with Gasteiger partial charge in [0.25, 0.3) is 0 Å². The van der Waals surface area contributed by atoms with Gasteiger partial charge in [0.15, 0.2) is 6.10 Å². The molecule has 0 aliphatic heterocycles. The number of phosphoric acid groups is 1. The minimum Gasteiger partial charge on any atom is -0.462 e. The summed E-state index contributed by atoms with van der Waals surface area (Å²) < 4.78 is 26.3. The van der Waals surface area contributed by atoms with Crippen molar-refractivity contribution in [3.05, 3.63) is 48.6 Å². The maximum absolute atomic E-state index is 12.4. The Morgan fingerprint density at radius 3 is 1.58 bits per heavy atom. The van der Waals surface area contributed by atoms with Crippen LogP contribution in [0, 0.1) is 5.92 Å². The zero-order valence-electron chi connectivity index (χ0n) is 33.7. The van der Waals surface area contributed by atoms with Gasteiger partial charge in [0, 0.05) is 12.8 Å². The highest BCUT2D eigenvalue weighted by molar-refractivity contribution is 7.46. The molecule has 0 amide bonds. The molecule has 0 radical (unpaired) electrons. The van der Waals surface area contributed by atoms with Crippen LogP contribution in [0.2, 0.25) is 0 Å². The highest BCUT2D eigenvalue weighted by Gasteiger charge is 2.22. The number of aliphatic hydroxyl groups excluding tert-OH is 1. The molecule has 0 spiro atoms. The molecule has 9 nitrogen and oxygen atoms in total. The number of rotatable bonds is 37. The molecule has 0 aliphatic rings. The maximum Gasteiger partial charge on any atom is 0.469 e. The summed E-state index contributed by atoms with van der Waals surface area (Å²) >= 11 is 0. The Morgan fingerprint density at radius 2 is 1.08 bits per heavy atom. The second-order valence-corrected chi connectivity index (χ2v) is 15.9. The molecule has 0 aromatic rings. The van der Waals surface area contributed by atoms with Gasteiger partial charge in [0.05, 0.1) is 12.7 Å².